The third-order valence-electron chi connectivity index (χ3n) is 2.60. The number of aliphatic hydroxyl groups excluding tert-OH is 1. The number of β-amino-alcohol motifs (C(OH)–C–C–N with tert-alkyl or cyclic N) is 1. The Bertz CT molecular complexity index is 444. The highest BCUT2D eigenvalue weighted by molar-refractivity contribution is 5.92. The highest BCUT2D eigenvalue weighted by Crippen LogP contribution is 2.10. The molecule has 2 rings (SSSR count). The molecule has 0 atom stereocenters. The molecular weight excluding hydrogens is 218 g/mol. The van der Waals surface area contributed by atoms with Crippen molar-refractivity contribution in [1.29, 1.82) is 5.26 Å². The van der Waals surface area contributed by atoms with Gasteiger partial charge >= 0.3 is 0 Å². The molecule has 1 amide bonds. The molecule has 1 fully saturated rings. The third-order valence-corrected chi connectivity index (χ3v) is 2.60. The van der Waals surface area contributed by atoms with E-state index in [1.54, 1.807) is 24.3 Å². The van der Waals surface area contributed by atoms with Crippen LogP contribution in [0.4, 0.5) is 5.69 Å². The van der Waals surface area contributed by atoms with Gasteiger partial charge in [0, 0.05) is 18.8 Å². The first-order valence-electron chi connectivity index (χ1n) is 5.38. The van der Waals surface area contributed by atoms with Gasteiger partial charge in [-0.3, -0.25) is 9.69 Å². The SMILES string of the molecule is N#Cc1ccc(NC(=O)CN2CC(O)C2)cc1. The number of nitrogens with zero attached hydrogens (tertiary/aromatic N) is 2. The number of rotatable bonds is 3. The summed E-state index contributed by atoms with van der Waals surface area (Å²) in [6.07, 6.45) is -0.294. The van der Waals surface area contributed by atoms with Gasteiger partial charge in [-0.1, -0.05) is 0 Å². The van der Waals surface area contributed by atoms with Crippen molar-refractivity contribution >= 4 is 11.6 Å². The minimum absolute atomic E-state index is 0.110. The van der Waals surface area contributed by atoms with Crippen LogP contribution in [0.25, 0.3) is 0 Å². The van der Waals surface area contributed by atoms with Gasteiger partial charge in [0.05, 0.1) is 24.3 Å². The summed E-state index contributed by atoms with van der Waals surface area (Å²) in [4.78, 5) is 13.4. The lowest BCUT2D eigenvalue weighted by atomic mass is 10.2. The first kappa shape index (κ1) is 11.6. The van der Waals surface area contributed by atoms with Gasteiger partial charge in [-0.2, -0.15) is 5.26 Å². The zero-order chi connectivity index (χ0) is 12.3. The normalized spacial score (nSPS) is 16.0. The Morgan fingerprint density at radius 3 is 2.65 bits per heavy atom. The molecule has 0 aromatic heterocycles. The molecule has 0 aliphatic carbocycles. The number of likely N-dealkylation sites (tertiary alicyclic amines) is 1. The molecule has 88 valence electrons. The Morgan fingerprint density at radius 1 is 1.47 bits per heavy atom. The van der Waals surface area contributed by atoms with Crippen LogP contribution in [0.5, 0.6) is 0 Å². The standard InChI is InChI=1S/C12H13N3O2/c13-5-9-1-3-10(4-2-9)14-12(17)8-15-6-11(16)7-15/h1-4,11,16H,6-8H2,(H,14,17). The van der Waals surface area contributed by atoms with Crippen LogP contribution in [0.15, 0.2) is 24.3 Å². The summed E-state index contributed by atoms with van der Waals surface area (Å²) in [6, 6.07) is 8.72. The third kappa shape index (κ3) is 3.03. The van der Waals surface area contributed by atoms with E-state index >= 15 is 0 Å². The number of aliphatic hydroxyl groups is 1. The molecule has 0 saturated carbocycles. The summed E-state index contributed by atoms with van der Waals surface area (Å²) in [6.45, 7) is 1.40. The molecule has 0 radical (unpaired) electrons. The highest BCUT2D eigenvalue weighted by atomic mass is 16.3. The maximum atomic E-state index is 11.6. The minimum Gasteiger partial charge on any atom is -0.390 e. The van der Waals surface area contributed by atoms with Crippen molar-refractivity contribution in [3.63, 3.8) is 0 Å². The zero-order valence-corrected chi connectivity index (χ0v) is 9.26. The molecule has 1 aromatic carbocycles. The largest absolute Gasteiger partial charge is 0.390 e. The van der Waals surface area contributed by atoms with Crippen molar-refractivity contribution < 1.29 is 9.90 Å². The maximum Gasteiger partial charge on any atom is 0.238 e. The van der Waals surface area contributed by atoms with Crippen molar-refractivity contribution in [2.24, 2.45) is 0 Å². The van der Waals surface area contributed by atoms with Gasteiger partial charge in [0.2, 0.25) is 5.91 Å². The first-order valence-corrected chi connectivity index (χ1v) is 5.38. The maximum absolute atomic E-state index is 11.6. The van der Waals surface area contributed by atoms with Gasteiger partial charge in [-0.25, -0.2) is 0 Å². The molecule has 1 saturated heterocycles. The van der Waals surface area contributed by atoms with E-state index in [1.165, 1.54) is 0 Å². The Kier molecular flexibility index (Phi) is 3.38. The van der Waals surface area contributed by atoms with E-state index in [1.807, 2.05) is 11.0 Å². The van der Waals surface area contributed by atoms with Gasteiger partial charge < -0.3 is 10.4 Å². The lowest BCUT2D eigenvalue weighted by Crippen LogP contribution is -2.53. The molecular formula is C12H13N3O2. The fourth-order valence-corrected chi connectivity index (χ4v) is 1.70. The number of hydrogen-bond donors (Lipinski definition) is 2. The van der Waals surface area contributed by atoms with Gasteiger partial charge in [-0.15, -0.1) is 0 Å². The van der Waals surface area contributed by atoms with Crippen molar-refractivity contribution in [1.82, 2.24) is 4.90 Å². The van der Waals surface area contributed by atoms with Crippen LogP contribution in [0.3, 0.4) is 0 Å². The van der Waals surface area contributed by atoms with Gasteiger partial charge in [0.25, 0.3) is 0 Å². The Hall–Kier alpha value is -1.90. The lowest BCUT2D eigenvalue weighted by Gasteiger charge is -2.34. The summed E-state index contributed by atoms with van der Waals surface area (Å²) >= 11 is 0. The van der Waals surface area contributed by atoms with E-state index in [4.69, 9.17) is 10.4 Å². The smallest absolute Gasteiger partial charge is 0.238 e. The lowest BCUT2D eigenvalue weighted by molar-refractivity contribution is -0.119. The Morgan fingerprint density at radius 2 is 2.12 bits per heavy atom. The molecule has 1 aromatic rings. The molecule has 0 bridgehead atoms. The molecule has 5 heteroatoms. The molecule has 1 aliphatic heterocycles. The summed E-state index contributed by atoms with van der Waals surface area (Å²) < 4.78 is 0. The molecule has 0 unspecified atom stereocenters. The quantitative estimate of drug-likeness (QED) is 0.777. The number of anilines is 1. The molecule has 5 nitrogen and oxygen atoms in total. The van der Waals surface area contributed by atoms with Crippen LogP contribution in [0.2, 0.25) is 0 Å². The summed E-state index contributed by atoms with van der Waals surface area (Å²) in [5.74, 6) is -0.110. The van der Waals surface area contributed by atoms with Crippen molar-refractivity contribution in [3.8, 4) is 6.07 Å². The van der Waals surface area contributed by atoms with Crippen LogP contribution in [-0.2, 0) is 4.79 Å². The number of carbonyl (C=O) groups is 1. The average molecular weight is 231 g/mol. The van der Waals surface area contributed by atoms with E-state index in [0.717, 1.165) is 0 Å². The second-order valence-corrected chi connectivity index (χ2v) is 4.09. The predicted octanol–water partition coefficient (Wildman–Crippen LogP) is 0.173. The monoisotopic (exact) mass is 231 g/mol. The number of hydrogen-bond acceptors (Lipinski definition) is 4. The van der Waals surface area contributed by atoms with E-state index < -0.39 is 0 Å². The van der Waals surface area contributed by atoms with Crippen LogP contribution in [0.1, 0.15) is 5.56 Å². The fraction of sp³-hybridized carbons (Fsp3) is 0.333. The van der Waals surface area contributed by atoms with Crippen LogP contribution < -0.4 is 5.32 Å². The van der Waals surface area contributed by atoms with E-state index in [-0.39, 0.29) is 18.6 Å². The predicted molar refractivity (Wildman–Crippen MR) is 62.2 cm³/mol. The summed E-state index contributed by atoms with van der Waals surface area (Å²) in [7, 11) is 0. The van der Waals surface area contributed by atoms with Crippen LogP contribution in [-0.4, -0.2) is 41.7 Å². The van der Waals surface area contributed by atoms with Gasteiger partial charge in [-0.05, 0) is 24.3 Å². The molecule has 0 spiro atoms. The van der Waals surface area contributed by atoms with E-state index in [0.29, 0.717) is 24.3 Å². The zero-order valence-electron chi connectivity index (χ0n) is 9.26. The Balaban J connectivity index is 1.83. The van der Waals surface area contributed by atoms with Crippen LogP contribution in [0, 0.1) is 11.3 Å². The highest BCUT2D eigenvalue weighted by Gasteiger charge is 2.25. The first-order chi connectivity index (χ1) is 8.17. The molecule has 17 heavy (non-hydrogen) atoms. The number of nitrogens with one attached hydrogen (secondary N) is 1. The van der Waals surface area contributed by atoms with Crippen LogP contribution >= 0.6 is 0 Å². The average Bonchev–Trinajstić information content (AvgIpc) is 2.28. The number of benzene rings is 1. The summed E-state index contributed by atoms with van der Waals surface area (Å²) in [5.41, 5.74) is 1.24. The van der Waals surface area contributed by atoms with E-state index in [2.05, 4.69) is 5.32 Å². The number of nitriles is 1. The van der Waals surface area contributed by atoms with E-state index in [9.17, 15) is 4.79 Å². The topological polar surface area (TPSA) is 76.4 Å². The molecule has 2 N–H and O–H groups in total. The minimum atomic E-state index is -0.294. The van der Waals surface area contributed by atoms with Crippen molar-refractivity contribution in [2.75, 3.05) is 25.0 Å². The molecule has 1 heterocycles. The Labute approximate surface area is 99.3 Å². The second-order valence-electron chi connectivity index (χ2n) is 4.09. The number of amides is 1. The second kappa shape index (κ2) is 4.95. The van der Waals surface area contributed by atoms with Gasteiger partial charge in [0.1, 0.15) is 0 Å². The van der Waals surface area contributed by atoms with Crippen molar-refractivity contribution in [3.05, 3.63) is 29.8 Å². The number of carbonyl (C=O) groups excluding carboxylic acids is 1. The van der Waals surface area contributed by atoms with Gasteiger partial charge in [0.15, 0.2) is 0 Å². The van der Waals surface area contributed by atoms with Crippen molar-refractivity contribution in [2.45, 2.75) is 6.10 Å². The molecule has 1 aliphatic rings. The summed E-state index contributed by atoms with van der Waals surface area (Å²) in [5, 5.41) is 20.4. The fourth-order valence-electron chi connectivity index (χ4n) is 1.70.